The first-order valence-corrected chi connectivity index (χ1v) is 7.45. The average molecular weight is 320 g/mol. The number of rotatable bonds is 3. The van der Waals surface area contributed by atoms with Crippen LogP contribution in [0, 0.1) is 0 Å². The lowest BCUT2D eigenvalue weighted by Crippen LogP contribution is -2.11. The monoisotopic (exact) mass is 320 g/mol. The van der Waals surface area contributed by atoms with Gasteiger partial charge in [0.15, 0.2) is 0 Å². The molecule has 120 valence electrons. The predicted octanol–water partition coefficient (Wildman–Crippen LogP) is 4.03. The van der Waals surface area contributed by atoms with Gasteiger partial charge in [-0.1, -0.05) is 54.6 Å². The molecule has 0 radical (unpaired) electrons. The minimum Gasteiger partial charge on any atom is -0.465 e. The van der Waals surface area contributed by atoms with Crippen LogP contribution in [0.4, 0.5) is 0 Å². The van der Waals surface area contributed by atoms with Crippen LogP contribution in [0.3, 0.4) is 0 Å². The van der Waals surface area contributed by atoms with Crippen molar-refractivity contribution in [3.63, 3.8) is 0 Å². The summed E-state index contributed by atoms with van der Waals surface area (Å²) < 4.78 is 9.70. The van der Waals surface area contributed by atoms with Crippen LogP contribution in [0.15, 0.2) is 60.7 Å². The number of hydrogen-bond donors (Lipinski definition) is 0. The van der Waals surface area contributed by atoms with Crippen molar-refractivity contribution in [2.45, 2.75) is 0 Å². The molecule has 2 aliphatic rings. The summed E-state index contributed by atoms with van der Waals surface area (Å²) in [5, 5.41) is 0. The quantitative estimate of drug-likeness (QED) is 0.684. The minimum absolute atomic E-state index is 0.185. The molecule has 0 fully saturated rings. The molecule has 0 saturated heterocycles. The molecule has 0 unspecified atom stereocenters. The molecule has 0 bridgehead atoms. The molecule has 0 aromatic heterocycles. The van der Waals surface area contributed by atoms with Crippen LogP contribution in [0.5, 0.6) is 0 Å². The standard InChI is InChI=1S/C20H16O4/c1-23-19(21)17-10-6-9-15-14(13-7-4-3-5-8-13)11-12-16(15)18(17)20(22)24-2/h3-12H,1-2H3. The fraction of sp³-hybridized carbons (Fsp3) is 0.100. The zero-order chi connectivity index (χ0) is 17.1. The SMILES string of the molecule is COC(=O)c1cccc2c(-c3ccccc3)ccc-2c1C(=O)OC. The Morgan fingerprint density at radius 1 is 0.667 bits per heavy atom. The van der Waals surface area contributed by atoms with Gasteiger partial charge in [-0.15, -0.1) is 0 Å². The van der Waals surface area contributed by atoms with Crippen LogP contribution in [-0.2, 0) is 9.47 Å². The van der Waals surface area contributed by atoms with Crippen molar-refractivity contribution in [1.29, 1.82) is 0 Å². The lowest BCUT2D eigenvalue weighted by molar-refractivity contribution is 0.0556. The fourth-order valence-corrected chi connectivity index (χ4v) is 2.83. The summed E-state index contributed by atoms with van der Waals surface area (Å²) in [7, 11) is 2.58. The Morgan fingerprint density at radius 2 is 1.33 bits per heavy atom. The number of fused-ring (bicyclic) bond motifs is 1. The summed E-state index contributed by atoms with van der Waals surface area (Å²) in [6, 6.07) is 18.8. The Balaban J connectivity index is 2.27. The Labute approximate surface area is 140 Å². The zero-order valence-corrected chi connectivity index (χ0v) is 13.4. The number of ether oxygens (including phenoxy) is 2. The van der Waals surface area contributed by atoms with Crippen LogP contribution in [0.1, 0.15) is 20.7 Å². The van der Waals surface area contributed by atoms with Crippen LogP contribution >= 0.6 is 0 Å². The van der Waals surface area contributed by atoms with Gasteiger partial charge in [-0.25, -0.2) is 9.59 Å². The van der Waals surface area contributed by atoms with E-state index in [2.05, 4.69) is 0 Å². The van der Waals surface area contributed by atoms with Crippen LogP contribution in [-0.4, -0.2) is 26.2 Å². The molecular weight excluding hydrogens is 304 g/mol. The molecule has 4 nitrogen and oxygen atoms in total. The Bertz CT molecular complexity index is 868. The van der Waals surface area contributed by atoms with Gasteiger partial charge in [0.05, 0.1) is 25.3 Å². The third-order valence-corrected chi connectivity index (χ3v) is 3.94. The fourth-order valence-electron chi connectivity index (χ4n) is 2.83. The normalized spacial score (nSPS) is 10.4. The molecule has 0 spiro atoms. The van der Waals surface area contributed by atoms with Crippen molar-refractivity contribution >= 4 is 11.9 Å². The first-order chi connectivity index (χ1) is 11.7. The van der Waals surface area contributed by atoms with E-state index in [0.717, 1.165) is 16.7 Å². The van der Waals surface area contributed by atoms with Gasteiger partial charge in [0.1, 0.15) is 0 Å². The van der Waals surface area contributed by atoms with E-state index >= 15 is 0 Å². The molecule has 3 rings (SSSR count). The summed E-state index contributed by atoms with van der Waals surface area (Å²) >= 11 is 0. The molecule has 1 aromatic rings. The predicted molar refractivity (Wildman–Crippen MR) is 91.2 cm³/mol. The molecule has 0 N–H and O–H groups in total. The Kier molecular flexibility index (Phi) is 4.29. The summed E-state index contributed by atoms with van der Waals surface area (Å²) in [4.78, 5) is 24.4. The third-order valence-electron chi connectivity index (χ3n) is 3.94. The van der Waals surface area contributed by atoms with Gasteiger partial charge < -0.3 is 9.47 Å². The maximum atomic E-state index is 12.3. The van der Waals surface area contributed by atoms with Gasteiger partial charge >= 0.3 is 11.9 Å². The van der Waals surface area contributed by atoms with Crippen molar-refractivity contribution in [2.24, 2.45) is 0 Å². The largest absolute Gasteiger partial charge is 0.465 e. The van der Waals surface area contributed by atoms with E-state index < -0.39 is 11.9 Å². The maximum Gasteiger partial charge on any atom is 0.339 e. The highest BCUT2D eigenvalue weighted by molar-refractivity contribution is 6.09. The van der Waals surface area contributed by atoms with Crippen molar-refractivity contribution in [3.05, 3.63) is 71.8 Å². The van der Waals surface area contributed by atoms with Gasteiger partial charge in [-0.2, -0.15) is 0 Å². The number of carbonyl (C=O) groups is 2. The second-order valence-electron chi connectivity index (χ2n) is 5.24. The molecule has 1 aromatic carbocycles. The van der Waals surface area contributed by atoms with Crippen LogP contribution in [0.2, 0.25) is 0 Å². The topological polar surface area (TPSA) is 52.6 Å². The van der Waals surface area contributed by atoms with Crippen LogP contribution < -0.4 is 0 Å². The van der Waals surface area contributed by atoms with Crippen molar-refractivity contribution in [2.75, 3.05) is 14.2 Å². The Hall–Kier alpha value is -3.14. The first-order valence-electron chi connectivity index (χ1n) is 7.45. The smallest absolute Gasteiger partial charge is 0.339 e. The summed E-state index contributed by atoms with van der Waals surface area (Å²) in [6.07, 6.45) is 0. The third kappa shape index (κ3) is 2.63. The van der Waals surface area contributed by atoms with E-state index in [0.29, 0.717) is 5.56 Å². The molecule has 0 aliphatic heterocycles. The van der Waals surface area contributed by atoms with Gasteiger partial charge in [0.2, 0.25) is 0 Å². The Morgan fingerprint density at radius 3 is 2.00 bits per heavy atom. The van der Waals surface area contributed by atoms with Crippen molar-refractivity contribution in [3.8, 4) is 22.3 Å². The molecule has 2 aliphatic carbocycles. The zero-order valence-electron chi connectivity index (χ0n) is 13.4. The van der Waals surface area contributed by atoms with E-state index in [1.54, 1.807) is 12.1 Å². The highest BCUT2D eigenvalue weighted by Crippen LogP contribution is 2.38. The summed E-state index contributed by atoms with van der Waals surface area (Å²) in [5.74, 6) is -1.14. The first kappa shape index (κ1) is 15.7. The van der Waals surface area contributed by atoms with Crippen molar-refractivity contribution in [1.82, 2.24) is 0 Å². The molecule has 0 saturated carbocycles. The molecule has 0 amide bonds. The highest BCUT2D eigenvalue weighted by Gasteiger charge is 2.25. The van der Waals surface area contributed by atoms with Crippen LogP contribution in [0.25, 0.3) is 22.3 Å². The lowest BCUT2D eigenvalue weighted by atomic mass is 9.98. The van der Waals surface area contributed by atoms with E-state index in [-0.39, 0.29) is 11.1 Å². The average Bonchev–Trinajstić information content (AvgIpc) is 2.94. The van der Waals surface area contributed by atoms with E-state index in [4.69, 9.17) is 9.47 Å². The number of methoxy groups -OCH3 is 2. The van der Waals surface area contributed by atoms with E-state index in [9.17, 15) is 9.59 Å². The lowest BCUT2D eigenvalue weighted by Gasteiger charge is -2.08. The summed E-state index contributed by atoms with van der Waals surface area (Å²) in [5.41, 5.74) is 3.95. The minimum atomic E-state index is -0.574. The van der Waals surface area contributed by atoms with E-state index in [1.807, 2.05) is 48.5 Å². The molecule has 0 atom stereocenters. The van der Waals surface area contributed by atoms with Gasteiger partial charge in [0.25, 0.3) is 0 Å². The molecule has 24 heavy (non-hydrogen) atoms. The second kappa shape index (κ2) is 6.54. The van der Waals surface area contributed by atoms with E-state index in [1.165, 1.54) is 14.2 Å². The number of carbonyl (C=O) groups excluding carboxylic acids is 2. The van der Waals surface area contributed by atoms with Crippen molar-refractivity contribution < 1.29 is 19.1 Å². The molecule has 0 heterocycles. The highest BCUT2D eigenvalue weighted by atomic mass is 16.5. The van der Waals surface area contributed by atoms with Gasteiger partial charge in [0, 0.05) is 0 Å². The summed E-state index contributed by atoms with van der Waals surface area (Å²) in [6.45, 7) is 0. The van der Waals surface area contributed by atoms with Gasteiger partial charge in [-0.05, 0) is 28.3 Å². The van der Waals surface area contributed by atoms with Gasteiger partial charge in [-0.3, -0.25) is 0 Å². The molecular formula is C20H16O4. The number of esters is 2. The maximum absolute atomic E-state index is 12.3. The molecule has 4 heteroatoms. The second-order valence-corrected chi connectivity index (χ2v) is 5.24. The number of hydrogen-bond acceptors (Lipinski definition) is 4. The number of benzene rings is 1.